The Morgan fingerprint density at radius 2 is 1.81 bits per heavy atom. The molecule has 0 bridgehead atoms. The highest BCUT2D eigenvalue weighted by Gasteiger charge is 2.18. The van der Waals surface area contributed by atoms with Crippen molar-refractivity contribution in [2.24, 2.45) is 5.92 Å². The summed E-state index contributed by atoms with van der Waals surface area (Å²) >= 11 is 3.49. The van der Waals surface area contributed by atoms with Gasteiger partial charge in [-0.3, -0.25) is 4.79 Å². The lowest BCUT2D eigenvalue weighted by Gasteiger charge is -2.19. The van der Waals surface area contributed by atoms with Crippen LogP contribution in [0.3, 0.4) is 0 Å². The van der Waals surface area contributed by atoms with Crippen molar-refractivity contribution in [3.05, 3.63) is 0 Å². The fourth-order valence-corrected chi connectivity index (χ4v) is 2.49. The molecule has 1 unspecified atom stereocenters. The Morgan fingerprint density at radius 3 is 2.38 bits per heavy atom. The highest BCUT2D eigenvalue weighted by molar-refractivity contribution is 9.09. The minimum Gasteiger partial charge on any atom is -0.356 e. The second-order valence-electron chi connectivity index (χ2n) is 4.90. The molecule has 0 spiro atoms. The molecule has 1 atom stereocenters. The average molecular weight is 290 g/mol. The fourth-order valence-electron chi connectivity index (χ4n) is 2.26. The molecular formula is C13H24BrNO. The minimum absolute atomic E-state index is 0.283. The lowest BCUT2D eigenvalue weighted by molar-refractivity contribution is -0.125. The zero-order chi connectivity index (χ0) is 11.8. The third-order valence-corrected chi connectivity index (χ3v) is 3.78. The molecule has 94 valence electrons. The molecular weight excluding hydrogens is 266 g/mol. The van der Waals surface area contributed by atoms with E-state index in [1.165, 1.54) is 32.1 Å². The van der Waals surface area contributed by atoms with Crippen LogP contribution in [0.15, 0.2) is 0 Å². The predicted molar refractivity (Wildman–Crippen MR) is 71.8 cm³/mol. The van der Waals surface area contributed by atoms with Crippen LogP contribution in [0, 0.1) is 5.92 Å². The first-order valence-electron chi connectivity index (χ1n) is 6.62. The van der Waals surface area contributed by atoms with Crippen molar-refractivity contribution in [3.63, 3.8) is 0 Å². The first-order chi connectivity index (χ1) is 7.70. The van der Waals surface area contributed by atoms with E-state index >= 15 is 0 Å². The molecule has 1 rings (SSSR count). The van der Waals surface area contributed by atoms with Crippen LogP contribution in [0.2, 0.25) is 0 Å². The van der Waals surface area contributed by atoms with Crippen molar-refractivity contribution in [3.8, 4) is 0 Å². The summed E-state index contributed by atoms with van der Waals surface area (Å²) in [6, 6.07) is 0. The number of halogens is 1. The van der Waals surface area contributed by atoms with Gasteiger partial charge >= 0.3 is 0 Å². The van der Waals surface area contributed by atoms with E-state index in [0.717, 1.165) is 25.8 Å². The van der Waals surface area contributed by atoms with E-state index in [2.05, 4.69) is 28.2 Å². The fraction of sp³-hybridized carbons (Fsp3) is 0.923. The maximum absolute atomic E-state index is 11.9. The molecule has 0 aromatic carbocycles. The molecule has 0 aliphatic heterocycles. The smallest absolute Gasteiger partial charge is 0.223 e. The second-order valence-corrected chi connectivity index (χ2v) is 6.47. The molecule has 0 aromatic heterocycles. The molecule has 16 heavy (non-hydrogen) atoms. The molecule has 1 aliphatic rings. The Hall–Kier alpha value is -0.0500. The molecule has 1 aliphatic carbocycles. The largest absolute Gasteiger partial charge is 0.356 e. The van der Waals surface area contributed by atoms with E-state index in [9.17, 15) is 4.79 Å². The third-order valence-electron chi connectivity index (χ3n) is 3.32. The van der Waals surface area contributed by atoms with E-state index in [1.54, 1.807) is 0 Å². The highest BCUT2D eigenvalue weighted by atomic mass is 79.9. The molecule has 0 aromatic rings. The molecule has 3 heteroatoms. The molecule has 0 saturated heterocycles. The number of amides is 1. The summed E-state index contributed by atoms with van der Waals surface area (Å²) in [6.45, 7) is 2.92. The van der Waals surface area contributed by atoms with Crippen molar-refractivity contribution in [1.29, 1.82) is 0 Å². The summed E-state index contributed by atoms with van der Waals surface area (Å²) in [5, 5.41) is 3.06. The summed E-state index contributed by atoms with van der Waals surface area (Å²) < 4.78 is 0. The quantitative estimate of drug-likeness (QED) is 0.787. The van der Waals surface area contributed by atoms with Crippen molar-refractivity contribution in [2.75, 3.05) is 6.54 Å². The molecule has 1 amide bonds. The lowest BCUT2D eigenvalue weighted by atomic mass is 9.90. The molecule has 2 nitrogen and oxygen atoms in total. The maximum Gasteiger partial charge on any atom is 0.223 e. The summed E-state index contributed by atoms with van der Waals surface area (Å²) in [4.78, 5) is 12.4. The molecule has 0 radical (unpaired) electrons. The summed E-state index contributed by atoms with van der Waals surface area (Å²) in [6.07, 6.45) is 9.63. The summed E-state index contributed by atoms with van der Waals surface area (Å²) in [5.74, 6) is 0.570. The van der Waals surface area contributed by atoms with Crippen LogP contribution in [-0.2, 0) is 4.79 Å². The van der Waals surface area contributed by atoms with E-state index in [4.69, 9.17) is 0 Å². The van der Waals surface area contributed by atoms with Gasteiger partial charge in [0.1, 0.15) is 0 Å². The van der Waals surface area contributed by atoms with Gasteiger partial charge in [0.05, 0.1) is 0 Å². The first-order valence-corrected chi connectivity index (χ1v) is 7.53. The number of alkyl halides is 1. The highest BCUT2D eigenvalue weighted by Crippen LogP contribution is 2.22. The average Bonchev–Trinajstić information content (AvgIpc) is 2.15. The Morgan fingerprint density at radius 1 is 1.25 bits per heavy atom. The van der Waals surface area contributed by atoms with Gasteiger partial charge in [-0.05, 0) is 19.3 Å². The van der Waals surface area contributed by atoms with Gasteiger partial charge in [0.15, 0.2) is 0 Å². The van der Waals surface area contributed by atoms with Gasteiger partial charge in [0.25, 0.3) is 0 Å². The van der Waals surface area contributed by atoms with Crippen molar-refractivity contribution >= 4 is 21.8 Å². The van der Waals surface area contributed by atoms with Gasteiger partial charge < -0.3 is 5.32 Å². The standard InChI is InChI=1S/C13H24BrNO/c1-11(14)9-10-15-13(16)12-7-5-3-2-4-6-8-12/h11-12H,2-10H2,1H3,(H,15,16). The van der Waals surface area contributed by atoms with Gasteiger partial charge in [0, 0.05) is 17.3 Å². The van der Waals surface area contributed by atoms with Crippen molar-refractivity contribution in [1.82, 2.24) is 5.32 Å². The lowest BCUT2D eigenvalue weighted by Crippen LogP contribution is -2.32. The molecule has 1 saturated carbocycles. The second kappa shape index (κ2) is 8.10. The summed E-state index contributed by atoms with van der Waals surface area (Å²) in [5.41, 5.74) is 0. The molecule has 0 heterocycles. The summed E-state index contributed by atoms with van der Waals surface area (Å²) in [7, 11) is 0. The number of nitrogens with one attached hydrogen (secondary N) is 1. The topological polar surface area (TPSA) is 29.1 Å². The van der Waals surface area contributed by atoms with E-state index in [1.807, 2.05) is 0 Å². The van der Waals surface area contributed by atoms with Crippen LogP contribution in [0.25, 0.3) is 0 Å². The number of carbonyl (C=O) groups is 1. The predicted octanol–water partition coefficient (Wildman–Crippen LogP) is 3.64. The van der Waals surface area contributed by atoms with Gasteiger partial charge in [-0.15, -0.1) is 0 Å². The van der Waals surface area contributed by atoms with Gasteiger partial charge in [-0.2, -0.15) is 0 Å². The number of carbonyl (C=O) groups excluding carboxylic acids is 1. The Balaban J connectivity index is 2.22. The van der Waals surface area contributed by atoms with E-state index < -0.39 is 0 Å². The van der Waals surface area contributed by atoms with Gasteiger partial charge in [0.2, 0.25) is 5.91 Å². The Kier molecular flexibility index (Phi) is 7.10. The Bertz CT molecular complexity index is 198. The number of hydrogen-bond acceptors (Lipinski definition) is 1. The van der Waals surface area contributed by atoms with Gasteiger partial charge in [-0.1, -0.05) is 55.0 Å². The third kappa shape index (κ3) is 5.88. The zero-order valence-electron chi connectivity index (χ0n) is 10.3. The van der Waals surface area contributed by atoms with Gasteiger partial charge in [-0.25, -0.2) is 0 Å². The number of rotatable bonds is 4. The number of hydrogen-bond donors (Lipinski definition) is 1. The zero-order valence-corrected chi connectivity index (χ0v) is 11.9. The van der Waals surface area contributed by atoms with Crippen LogP contribution in [0.4, 0.5) is 0 Å². The Labute approximate surface area is 108 Å². The van der Waals surface area contributed by atoms with Crippen LogP contribution >= 0.6 is 15.9 Å². The normalized spacial score (nSPS) is 20.9. The maximum atomic E-state index is 11.9. The van der Waals surface area contributed by atoms with Crippen molar-refractivity contribution in [2.45, 2.75) is 63.1 Å². The molecule has 1 N–H and O–H groups in total. The van der Waals surface area contributed by atoms with Crippen LogP contribution in [0.5, 0.6) is 0 Å². The van der Waals surface area contributed by atoms with Crippen LogP contribution in [0.1, 0.15) is 58.3 Å². The van der Waals surface area contributed by atoms with Crippen LogP contribution in [-0.4, -0.2) is 17.3 Å². The van der Waals surface area contributed by atoms with E-state index in [0.29, 0.717) is 4.83 Å². The first kappa shape index (κ1) is 14.0. The monoisotopic (exact) mass is 289 g/mol. The molecule has 1 fully saturated rings. The van der Waals surface area contributed by atoms with Crippen LogP contribution < -0.4 is 5.32 Å². The minimum atomic E-state index is 0.283. The van der Waals surface area contributed by atoms with E-state index in [-0.39, 0.29) is 11.8 Å². The van der Waals surface area contributed by atoms with Crippen molar-refractivity contribution < 1.29 is 4.79 Å². The SMILES string of the molecule is CC(Br)CCNC(=O)C1CCCCCCC1.